The fourth-order valence-electron chi connectivity index (χ4n) is 4.38. The van der Waals surface area contributed by atoms with Gasteiger partial charge in [0.1, 0.15) is 0 Å². The van der Waals surface area contributed by atoms with Crippen LogP contribution in [0.4, 0.5) is 0 Å². The first-order valence-corrected chi connectivity index (χ1v) is 10.4. The number of hydrogen-bond acceptors (Lipinski definition) is 5. The highest BCUT2D eigenvalue weighted by atomic mass is 16.5. The molecule has 2 aliphatic rings. The topological polar surface area (TPSA) is 70.8 Å². The minimum absolute atomic E-state index is 0.00631. The third kappa shape index (κ3) is 4.22. The van der Waals surface area contributed by atoms with Gasteiger partial charge in [0.25, 0.3) is 5.91 Å². The zero-order valence-corrected chi connectivity index (χ0v) is 17.2. The number of ether oxygens (including phenoxy) is 1. The van der Waals surface area contributed by atoms with Crippen molar-refractivity contribution in [3.05, 3.63) is 53.3 Å². The number of rotatable bonds is 4. The van der Waals surface area contributed by atoms with Crippen LogP contribution in [-0.4, -0.2) is 75.6 Å². The van der Waals surface area contributed by atoms with Crippen LogP contribution in [0, 0.1) is 6.92 Å². The number of aromatic nitrogens is 2. The van der Waals surface area contributed by atoms with Crippen molar-refractivity contribution in [2.24, 2.45) is 7.05 Å². The lowest BCUT2D eigenvalue weighted by molar-refractivity contribution is -0.0770. The number of piperidine rings is 1. The second kappa shape index (κ2) is 8.65. The fourth-order valence-corrected chi connectivity index (χ4v) is 4.38. The molecule has 1 N–H and O–H groups in total. The van der Waals surface area contributed by atoms with Gasteiger partial charge in [0, 0.05) is 38.9 Å². The molecule has 0 bridgehead atoms. The summed E-state index contributed by atoms with van der Waals surface area (Å²) < 4.78 is 7.95. The monoisotopic (exact) mass is 398 g/mol. The fraction of sp³-hybridized carbons (Fsp3) is 0.545. The van der Waals surface area contributed by atoms with Crippen molar-refractivity contribution in [2.75, 3.05) is 32.8 Å². The molecule has 2 saturated heterocycles. The smallest absolute Gasteiger partial charge is 0.258 e. The minimum Gasteiger partial charge on any atom is -0.393 e. The maximum Gasteiger partial charge on any atom is 0.258 e. The van der Waals surface area contributed by atoms with Crippen LogP contribution in [0.1, 0.15) is 40.5 Å². The van der Waals surface area contributed by atoms with E-state index in [1.807, 2.05) is 37.1 Å². The third-order valence-corrected chi connectivity index (χ3v) is 6.21. The van der Waals surface area contributed by atoms with Crippen LogP contribution >= 0.6 is 0 Å². The van der Waals surface area contributed by atoms with Crippen LogP contribution in [0.25, 0.3) is 0 Å². The molecule has 7 nitrogen and oxygen atoms in total. The Kier molecular flexibility index (Phi) is 5.99. The van der Waals surface area contributed by atoms with Crippen LogP contribution < -0.4 is 0 Å². The second-order valence-corrected chi connectivity index (χ2v) is 8.06. The number of morpholine rings is 1. The van der Waals surface area contributed by atoms with E-state index < -0.39 is 0 Å². The van der Waals surface area contributed by atoms with Crippen LogP contribution in [0.2, 0.25) is 0 Å². The van der Waals surface area contributed by atoms with Crippen LogP contribution in [0.3, 0.4) is 0 Å². The lowest BCUT2D eigenvalue weighted by Gasteiger charge is -2.44. The normalized spacial score (nSPS) is 24.0. The molecule has 29 heavy (non-hydrogen) atoms. The average Bonchev–Trinajstić information content (AvgIpc) is 3.08. The number of benzene rings is 1. The number of hydrogen-bond donors (Lipinski definition) is 1. The summed E-state index contributed by atoms with van der Waals surface area (Å²) in [5, 5.41) is 14.1. The van der Waals surface area contributed by atoms with Gasteiger partial charge in [-0.25, -0.2) is 0 Å². The Morgan fingerprint density at radius 3 is 2.59 bits per heavy atom. The van der Waals surface area contributed by atoms with E-state index in [0.29, 0.717) is 18.7 Å². The molecule has 2 aliphatic heterocycles. The molecule has 0 saturated carbocycles. The SMILES string of the molecule is Cc1c(C(=O)N2CCO[C@@H](CN3CCC(O)CC3)[C@@H]2c2ccccc2)cnn1C. The lowest BCUT2D eigenvalue weighted by Crippen LogP contribution is -2.52. The Morgan fingerprint density at radius 1 is 1.21 bits per heavy atom. The predicted octanol–water partition coefficient (Wildman–Crippen LogP) is 1.77. The number of nitrogens with zero attached hydrogens (tertiary/aromatic N) is 4. The summed E-state index contributed by atoms with van der Waals surface area (Å²) in [5.74, 6) is 0.00631. The van der Waals surface area contributed by atoms with Gasteiger partial charge in [-0.2, -0.15) is 5.10 Å². The van der Waals surface area contributed by atoms with Gasteiger partial charge in [0.05, 0.1) is 36.6 Å². The highest BCUT2D eigenvalue weighted by molar-refractivity contribution is 5.95. The third-order valence-electron chi connectivity index (χ3n) is 6.21. The molecule has 2 fully saturated rings. The molecule has 2 atom stereocenters. The number of carbonyl (C=O) groups is 1. The Bertz CT molecular complexity index is 830. The Labute approximate surface area is 171 Å². The van der Waals surface area contributed by atoms with E-state index >= 15 is 0 Å². The van der Waals surface area contributed by atoms with E-state index in [-0.39, 0.29) is 24.2 Å². The maximum absolute atomic E-state index is 13.5. The van der Waals surface area contributed by atoms with Gasteiger partial charge in [-0.05, 0) is 25.3 Å². The number of aliphatic hydroxyl groups is 1. The molecule has 1 aromatic heterocycles. The van der Waals surface area contributed by atoms with E-state index in [0.717, 1.165) is 43.7 Å². The number of aryl methyl sites for hydroxylation is 1. The highest BCUT2D eigenvalue weighted by Crippen LogP contribution is 2.32. The Balaban J connectivity index is 1.61. The summed E-state index contributed by atoms with van der Waals surface area (Å²) in [6, 6.07) is 10.0. The first-order chi connectivity index (χ1) is 14.0. The minimum atomic E-state index is -0.199. The number of amides is 1. The largest absolute Gasteiger partial charge is 0.393 e. The summed E-state index contributed by atoms with van der Waals surface area (Å²) in [4.78, 5) is 17.8. The predicted molar refractivity (Wildman–Crippen MR) is 110 cm³/mol. The molecule has 2 aromatic rings. The van der Waals surface area contributed by atoms with E-state index in [9.17, 15) is 9.90 Å². The first-order valence-electron chi connectivity index (χ1n) is 10.4. The van der Waals surface area contributed by atoms with Gasteiger partial charge in [-0.15, -0.1) is 0 Å². The molecule has 0 unspecified atom stereocenters. The summed E-state index contributed by atoms with van der Waals surface area (Å²) >= 11 is 0. The molecule has 0 spiro atoms. The van der Waals surface area contributed by atoms with E-state index in [1.54, 1.807) is 10.9 Å². The number of aliphatic hydroxyl groups excluding tert-OH is 1. The summed E-state index contributed by atoms with van der Waals surface area (Å²) in [6.07, 6.45) is 2.94. The van der Waals surface area contributed by atoms with Gasteiger partial charge < -0.3 is 19.6 Å². The van der Waals surface area contributed by atoms with Crippen molar-refractivity contribution < 1.29 is 14.6 Å². The number of carbonyl (C=O) groups excluding carboxylic acids is 1. The molecule has 4 rings (SSSR count). The molecular weight excluding hydrogens is 368 g/mol. The van der Waals surface area contributed by atoms with E-state index in [1.165, 1.54) is 0 Å². The van der Waals surface area contributed by atoms with Crippen molar-refractivity contribution in [1.82, 2.24) is 19.6 Å². The van der Waals surface area contributed by atoms with Crippen LogP contribution in [0.15, 0.2) is 36.5 Å². The van der Waals surface area contributed by atoms with E-state index in [4.69, 9.17) is 4.74 Å². The number of likely N-dealkylation sites (tertiary alicyclic amines) is 1. The van der Waals surface area contributed by atoms with Gasteiger partial charge in [0.15, 0.2) is 0 Å². The molecule has 0 aliphatic carbocycles. The average molecular weight is 399 g/mol. The molecule has 156 valence electrons. The maximum atomic E-state index is 13.5. The highest BCUT2D eigenvalue weighted by Gasteiger charge is 2.38. The van der Waals surface area contributed by atoms with Gasteiger partial charge in [-0.1, -0.05) is 30.3 Å². The quantitative estimate of drug-likeness (QED) is 0.850. The summed E-state index contributed by atoms with van der Waals surface area (Å²) in [5.41, 5.74) is 2.61. The molecule has 0 radical (unpaired) electrons. The molecule has 7 heteroatoms. The Morgan fingerprint density at radius 2 is 1.93 bits per heavy atom. The zero-order valence-electron chi connectivity index (χ0n) is 17.2. The Hall–Kier alpha value is -2.22. The van der Waals surface area contributed by atoms with Crippen molar-refractivity contribution in [3.8, 4) is 0 Å². The van der Waals surface area contributed by atoms with Crippen LogP contribution in [-0.2, 0) is 11.8 Å². The van der Waals surface area contributed by atoms with Crippen LogP contribution in [0.5, 0.6) is 0 Å². The van der Waals surface area contributed by atoms with Crippen molar-refractivity contribution >= 4 is 5.91 Å². The summed E-state index contributed by atoms with van der Waals surface area (Å²) in [7, 11) is 1.85. The van der Waals surface area contributed by atoms with Crippen molar-refractivity contribution in [2.45, 2.75) is 38.0 Å². The zero-order chi connectivity index (χ0) is 20.4. The van der Waals surface area contributed by atoms with Gasteiger partial charge in [0.2, 0.25) is 0 Å². The van der Waals surface area contributed by atoms with Gasteiger partial charge >= 0.3 is 0 Å². The first kappa shape index (κ1) is 20.1. The molecule has 1 amide bonds. The summed E-state index contributed by atoms with van der Waals surface area (Å²) in [6.45, 7) is 5.48. The molecule has 3 heterocycles. The van der Waals surface area contributed by atoms with Crippen molar-refractivity contribution in [1.29, 1.82) is 0 Å². The van der Waals surface area contributed by atoms with Crippen molar-refractivity contribution in [3.63, 3.8) is 0 Å². The standard InChI is InChI=1S/C22H30N4O3/c1-16-19(14-23-24(16)2)22(28)26-12-13-29-20(15-25-10-8-18(27)9-11-25)21(26)17-6-4-3-5-7-17/h3-7,14,18,20-21,27H,8-13,15H2,1-2H3/t20-,21-/m0/s1. The second-order valence-electron chi connectivity index (χ2n) is 8.06. The molecule has 1 aromatic carbocycles. The molecular formula is C22H30N4O3. The van der Waals surface area contributed by atoms with Gasteiger partial charge in [-0.3, -0.25) is 9.48 Å². The lowest BCUT2D eigenvalue weighted by atomic mass is 9.96. The van der Waals surface area contributed by atoms with E-state index in [2.05, 4.69) is 22.1 Å².